The highest BCUT2D eigenvalue weighted by molar-refractivity contribution is 6.30. The Balaban J connectivity index is 1.34. The fourth-order valence-corrected chi connectivity index (χ4v) is 3.48. The molecule has 8 heteroatoms. The molecule has 1 saturated heterocycles. The van der Waals surface area contributed by atoms with E-state index in [2.05, 4.69) is 32.4 Å². The van der Waals surface area contributed by atoms with E-state index in [-0.39, 0.29) is 11.7 Å². The number of hydrogen-bond acceptors (Lipinski definition) is 5. The molecule has 0 spiro atoms. The highest BCUT2D eigenvalue weighted by Gasteiger charge is 2.15. The van der Waals surface area contributed by atoms with E-state index in [1.165, 1.54) is 5.56 Å². The maximum atomic E-state index is 12.5. The molecule has 0 radical (unpaired) electrons. The number of nitrogens with one attached hydrogen (secondary N) is 1. The molecule has 2 aromatic carbocycles. The van der Waals surface area contributed by atoms with E-state index in [4.69, 9.17) is 16.3 Å². The van der Waals surface area contributed by atoms with Crippen molar-refractivity contribution < 1.29 is 9.53 Å². The number of hydrogen-bond donors (Lipinski definition) is 1. The first-order valence-electron chi connectivity index (χ1n) is 9.94. The van der Waals surface area contributed by atoms with Gasteiger partial charge in [-0.3, -0.25) is 9.69 Å². The third kappa shape index (κ3) is 5.05. The molecule has 156 valence electrons. The lowest BCUT2D eigenvalue weighted by Crippen LogP contribution is -2.35. The monoisotopic (exact) mass is 425 g/mol. The van der Waals surface area contributed by atoms with Gasteiger partial charge in [-0.15, -0.1) is 5.10 Å². The van der Waals surface area contributed by atoms with E-state index in [1.807, 2.05) is 31.2 Å². The molecule has 0 atom stereocenters. The predicted molar refractivity (Wildman–Crippen MR) is 115 cm³/mol. The van der Waals surface area contributed by atoms with E-state index in [0.29, 0.717) is 17.4 Å². The van der Waals surface area contributed by atoms with Gasteiger partial charge in [-0.05, 0) is 42.3 Å². The lowest BCUT2D eigenvalue weighted by molar-refractivity contribution is 0.0342. The number of carbonyl (C=O) groups is 1. The summed E-state index contributed by atoms with van der Waals surface area (Å²) < 4.78 is 7.02. The number of halogens is 1. The summed E-state index contributed by atoms with van der Waals surface area (Å²) in [6, 6.07) is 15.5. The van der Waals surface area contributed by atoms with Gasteiger partial charge < -0.3 is 10.1 Å². The van der Waals surface area contributed by atoms with Crippen molar-refractivity contribution >= 4 is 17.5 Å². The summed E-state index contributed by atoms with van der Waals surface area (Å²) in [5.74, 6) is 0.476. The highest BCUT2D eigenvalue weighted by atomic mass is 35.5. The van der Waals surface area contributed by atoms with E-state index in [0.717, 1.165) is 44.1 Å². The van der Waals surface area contributed by atoms with Crippen molar-refractivity contribution in [3.05, 3.63) is 76.3 Å². The normalized spacial score (nSPS) is 14.6. The minimum absolute atomic E-state index is 0.145. The number of carbonyl (C=O) groups excluding carboxylic acids is 1. The highest BCUT2D eigenvalue weighted by Crippen LogP contribution is 2.14. The number of ether oxygens (including phenoxy) is 1. The van der Waals surface area contributed by atoms with Gasteiger partial charge in [0.25, 0.3) is 5.91 Å². The lowest BCUT2D eigenvalue weighted by atomic mass is 10.1. The largest absolute Gasteiger partial charge is 0.379 e. The maximum absolute atomic E-state index is 12.5. The summed E-state index contributed by atoms with van der Waals surface area (Å²) >= 11 is 5.94. The van der Waals surface area contributed by atoms with Gasteiger partial charge in [0, 0.05) is 31.2 Å². The van der Waals surface area contributed by atoms with E-state index in [1.54, 1.807) is 16.8 Å². The Bertz CT molecular complexity index is 995. The van der Waals surface area contributed by atoms with Crippen molar-refractivity contribution in [1.82, 2.24) is 25.0 Å². The molecule has 1 amide bonds. The second-order valence-electron chi connectivity index (χ2n) is 7.26. The molecule has 1 aliphatic rings. The first-order chi connectivity index (χ1) is 14.6. The Labute approximate surface area is 180 Å². The third-order valence-electron chi connectivity index (χ3n) is 5.03. The van der Waals surface area contributed by atoms with Crippen LogP contribution in [0.4, 0.5) is 0 Å². The number of amides is 1. The van der Waals surface area contributed by atoms with Crippen LogP contribution in [0.15, 0.2) is 48.5 Å². The van der Waals surface area contributed by atoms with Gasteiger partial charge in [0.2, 0.25) is 5.82 Å². The number of rotatable bonds is 6. The molecule has 0 saturated carbocycles. The standard InChI is InChI=1S/C22H24ClN5O2/c1-16-25-21(26-28(16)20-8-6-19(23)7-9-20)22(29)24-14-17-2-4-18(5-3-17)15-27-10-12-30-13-11-27/h2-9H,10-15H2,1H3,(H,24,29). The van der Waals surface area contributed by atoms with E-state index < -0.39 is 0 Å². The molecule has 3 aromatic rings. The maximum Gasteiger partial charge on any atom is 0.291 e. The van der Waals surface area contributed by atoms with Crippen molar-refractivity contribution in [2.24, 2.45) is 0 Å². The minimum Gasteiger partial charge on any atom is -0.379 e. The molecule has 0 bridgehead atoms. The first-order valence-corrected chi connectivity index (χ1v) is 10.3. The van der Waals surface area contributed by atoms with Gasteiger partial charge in [-0.1, -0.05) is 35.9 Å². The molecule has 2 heterocycles. The average Bonchev–Trinajstić information content (AvgIpc) is 3.16. The summed E-state index contributed by atoms with van der Waals surface area (Å²) in [7, 11) is 0. The third-order valence-corrected chi connectivity index (χ3v) is 5.28. The van der Waals surface area contributed by atoms with Crippen LogP contribution < -0.4 is 5.32 Å². The quantitative estimate of drug-likeness (QED) is 0.657. The van der Waals surface area contributed by atoms with Crippen LogP contribution >= 0.6 is 11.6 Å². The Morgan fingerprint density at radius 3 is 2.43 bits per heavy atom. The van der Waals surface area contributed by atoms with Crippen LogP contribution in [0.5, 0.6) is 0 Å². The fraction of sp³-hybridized carbons (Fsp3) is 0.318. The van der Waals surface area contributed by atoms with Crippen molar-refractivity contribution in [2.45, 2.75) is 20.0 Å². The van der Waals surface area contributed by atoms with E-state index >= 15 is 0 Å². The fourth-order valence-electron chi connectivity index (χ4n) is 3.35. The SMILES string of the molecule is Cc1nc(C(=O)NCc2ccc(CN3CCOCC3)cc2)nn1-c1ccc(Cl)cc1. The number of morpholine rings is 1. The molecule has 1 aliphatic heterocycles. The van der Waals surface area contributed by atoms with Gasteiger partial charge in [-0.25, -0.2) is 9.67 Å². The predicted octanol–water partition coefficient (Wildman–Crippen LogP) is 2.99. The summed E-state index contributed by atoms with van der Waals surface area (Å²) in [5, 5.41) is 7.87. The van der Waals surface area contributed by atoms with Crippen molar-refractivity contribution in [3.8, 4) is 5.69 Å². The van der Waals surface area contributed by atoms with Crippen LogP contribution in [0.3, 0.4) is 0 Å². The lowest BCUT2D eigenvalue weighted by Gasteiger charge is -2.26. The van der Waals surface area contributed by atoms with Gasteiger partial charge in [0.15, 0.2) is 0 Å². The minimum atomic E-state index is -0.303. The van der Waals surface area contributed by atoms with Crippen LogP contribution in [0.2, 0.25) is 5.02 Å². The second kappa shape index (κ2) is 9.38. The van der Waals surface area contributed by atoms with Crippen LogP contribution in [-0.2, 0) is 17.8 Å². The van der Waals surface area contributed by atoms with E-state index in [9.17, 15) is 4.79 Å². The van der Waals surface area contributed by atoms with Gasteiger partial charge >= 0.3 is 0 Å². The van der Waals surface area contributed by atoms with Crippen molar-refractivity contribution in [1.29, 1.82) is 0 Å². The molecule has 1 fully saturated rings. The van der Waals surface area contributed by atoms with Crippen LogP contribution in [0.1, 0.15) is 27.6 Å². The molecule has 1 N–H and O–H groups in total. The average molecular weight is 426 g/mol. The van der Waals surface area contributed by atoms with Gasteiger partial charge in [-0.2, -0.15) is 0 Å². The zero-order valence-corrected chi connectivity index (χ0v) is 17.6. The summed E-state index contributed by atoms with van der Waals surface area (Å²) in [6.07, 6.45) is 0. The number of benzene rings is 2. The van der Waals surface area contributed by atoms with Crippen LogP contribution in [0, 0.1) is 6.92 Å². The van der Waals surface area contributed by atoms with Gasteiger partial charge in [0.05, 0.1) is 18.9 Å². The summed E-state index contributed by atoms with van der Waals surface area (Å²) in [6.45, 7) is 6.68. The Morgan fingerprint density at radius 1 is 1.07 bits per heavy atom. The Kier molecular flexibility index (Phi) is 6.42. The van der Waals surface area contributed by atoms with Crippen LogP contribution in [-0.4, -0.2) is 51.9 Å². The smallest absolute Gasteiger partial charge is 0.291 e. The Hall–Kier alpha value is -2.74. The molecule has 30 heavy (non-hydrogen) atoms. The molecular formula is C22H24ClN5O2. The number of aromatic nitrogens is 3. The number of nitrogens with zero attached hydrogens (tertiary/aromatic N) is 4. The molecule has 7 nitrogen and oxygen atoms in total. The first kappa shape index (κ1) is 20.5. The topological polar surface area (TPSA) is 72.3 Å². The van der Waals surface area contributed by atoms with Gasteiger partial charge in [0.1, 0.15) is 5.82 Å². The zero-order valence-electron chi connectivity index (χ0n) is 16.8. The van der Waals surface area contributed by atoms with Crippen LogP contribution in [0.25, 0.3) is 5.69 Å². The molecular weight excluding hydrogens is 402 g/mol. The second-order valence-corrected chi connectivity index (χ2v) is 7.69. The summed E-state index contributed by atoms with van der Waals surface area (Å²) in [5.41, 5.74) is 3.09. The Morgan fingerprint density at radius 2 is 1.73 bits per heavy atom. The molecule has 1 aromatic heterocycles. The zero-order chi connectivity index (χ0) is 20.9. The molecule has 0 unspecified atom stereocenters. The summed E-state index contributed by atoms with van der Waals surface area (Å²) in [4.78, 5) is 19.2. The van der Waals surface area contributed by atoms with Crippen molar-refractivity contribution in [3.63, 3.8) is 0 Å². The number of aryl methyl sites for hydroxylation is 1. The van der Waals surface area contributed by atoms with Crippen molar-refractivity contribution in [2.75, 3.05) is 26.3 Å². The molecule has 4 rings (SSSR count). The molecule has 0 aliphatic carbocycles.